The molecule has 0 fully saturated rings. The summed E-state index contributed by atoms with van der Waals surface area (Å²) >= 11 is 1.87. The van der Waals surface area contributed by atoms with E-state index in [1.807, 2.05) is 11.8 Å². The molecule has 0 saturated carbocycles. The van der Waals surface area contributed by atoms with E-state index < -0.39 is 5.97 Å². The van der Waals surface area contributed by atoms with Gasteiger partial charge in [-0.3, -0.25) is 4.79 Å². The molecule has 0 unspecified atom stereocenters. The van der Waals surface area contributed by atoms with Gasteiger partial charge in [-0.2, -0.15) is 11.8 Å². The number of nitrogens with one attached hydrogen (secondary N) is 1. The van der Waals surface area contributed by atoms with Gasteiger partial charge in [0.05, 0.1) is 0 Å². The fourth-order valence-electron chi connectivity index (χ4n) is 1.46. The number of thioether (sulfide) groups is 1. The molecule has 4 heteroatoms. The Morgan fingerprint density at radius 3 is 2.56 bits per heavy atom. The van der Waals surface area contributed by atoms with E-state index in [0.29, 0.717) is 0 Å². The molecule has 96 valence electrons. The Bertz CT molecular complexity index is 195. The van der Waals surface area contributed by atoms with Gasteiger partial charge >= 0.3 is 5.97 Å². The van der Waals surface area contributed by atoms with Crippen molar-refractivity contribution >= 4 is 17.7 Å². The van der Waals surface area contributed by atoms with E-state index in [-0.39, 0.29) is 11.8 Å². The van der Waals surface area contributed by atoms with Gasteiger partial charge in [-0.1, -0.05) is 13.8 Å². The Labute approximate surface area is 103 Å². The standard InChI is InChI=1S/C12H25NO2S/c1-12(2,6-5-11(14)15)7-9-13-8-4-10-16-3/h13H,4-10H2,1-3H3,(H,14,15). The molecule has 0 heterocycles. The highest BCUT2D eigenvalue weighted by Crippen LogP contribution is 2.25. The first kappa shape index (κ1) is 15.8. The molecule has 0 aliphatic carbocycles. The number of aliphatic carboxylic acids is 1. The summed E-state index contributed by atoms with van der Waals surface area (Å²) in [6, 6.07) is 0. The molecule has 0 atom stereocenters. The van der Waals surface area contributed by atoms with Crippen molar-refractivity contribution in [2.24, 2.45) is 5.41 Å². The van der Waals surface area contributed by atoms with Crippen molar-refractivity contribution in [1.82, 2.24) is 5.32 Å². The van der Waals surface area contributed by atoms with Crippen molar-refractivity contribution in [2.45, 2.75) is 39.5 Å². The largest absolute Gasteiger partial charge is 0.481 e. The average molecular weight is 247 g/mol. The van der Waals surface area contributed by atoms with Gasteiger partial charge in [0, 0.05) is 6.42 Å². The SMILES string of the molecule is CSCCCNCCC(C)(C)CCC(=O)O. The highest BCUT2D eigenvalue weighted by atomic mass is 32.2. The number of hydrogen-bond acceptors (Lipinski definition) is 3. The molecular weight excluding hydrogens is 222 g/mol. The second-order valence-electron chi connectivity index (χ2n) is 4.90. The van der Waals surface area contributed by atoms with Crippen LogP contribution in [0, 0.1) is 5.41 Å². The van der Waals surface area contributed by atoms with Crippen LogP contribution in [0.15, 0.2) is 0 Å². The number of hydrogen-bond donors (Lipinski definition) is 2. The molecule has 0 aromatic rings. The summed E-state index contributed by atoms with van der Waals surface area (Å²) in [6.07, 6.45) is 5.40. The zero-order valence-corrected chi connectivity index (χ0v) is 11.5. The highest BCUT2D eigenvalue weighted by molar-refractivity contribution is 7.98. The first-order valence-electron chi connectivity index (χ1n) is 5.89. The van der Waals surface area contributed by atoms with Crippen molar-refractivity contribution in [3.05, 3.63) is 0 Å². The van der Waals surface area contributed by atoms with Crippen LogP contribution in [0.1, 0.15) is 39.5 Å². The average Bonchev–Trinajstić information content (AvgIpc) is 2.21. The Kier molecular flexibility index (Phi) is 8.76. The lowest BCUT2D eigenvalue weighted by Gasteiger charge is -2.23. The molecule has 0 aliphatic heterocycles. The van der Waals surface area contributed by atoms with E-state index in [4.69, 9.17) is 5.11 Å². The van der Waals surface area contributed by atoms with E-state index in [9.17, 15) is 4.79 Å². The molecule has 16 heavy (non-hydrogen) atoms. The van der Waals surface area contributed by atoms with Crippen LogP contribution < -0.4 is 5.32 Å². The third kappa shape index (κ3) is 10.3. The Morgan fingerprint density at radius 1 is 1.31 bits per heavy atom. The van der Waals surface area contributed by atoms with Crippen molar-refractivity contribution in [2.75, 3.05) is 25.1 Å². The third-order valence-corrected chi connectivity index (χ3v) is 3.39. The van der Waals surface area contributed by atoms with E-state index >= 15 is 0 Å². The lowest BCUT2D eigenvalue weighted by molar-refractivity contribution is -0.137. The minimum atomic E-state index is -0.694. The van der Waals surface area contributed by atoms with Crippen LogP contribution in [0.5, 0.6) is 0 Å². The molecule has 0 rings (SSSR count). The minimum absolute atomic E-state index is 0.130. The summed E-state index contributed by atoms with van der Waals surface area (Å²) < 4.78 is 0. The molecule has 0 aliphatic rings. The molecule has 0 amide bonds. The van der Waals surface area contributed by atoms with Crippen LogP contribution in [-0.4, -0.2) is 36.2 Å². The summed E-state index contributed by atoms with van der Waals surface area (Å²) in [5.74, 6) is 0.510. The molecule has 0 bridgehead atoms. The van der Waals surface area contributed by atoms with Crippen LogP contribution >= 0.6 is 11.8 Å². The van der Waals surface area contributed by atoms with Gasteiger partial charge in [0.25, 0.3) is 0 Å². The summed E-state index contributed by atoms with van der Waals surface area (Å²) in [5, 5.41) is 12.0. The summed E-state index contributed by atoms with van der Waals surface area (Å²) in [6.45, 7) is 6.33. The zero-order valence-electron chi connectivity index (χ0n) is 10.7. The Morgan fingerprint density at radius 2 is 2.00 bits per heavy atom. The third-order valence-electron chi connectivity index (χ3n) is 2.70. The van der Waals surface area contributed by atoms with E-state index in [1.54, 1.807) is 0 Å². The second-order valence-corrected chi connectivity index (χ2v) is 5.89. The van der Waals surface area contributed by atoms with Gasteiger partial charge < -0.3 is 10.4 Å². The van der Waals surface area contributed by atoms with Crippen LogP contribution in [0.2, 0.25) is 0 Å². The lowest BCUT2D eigenvalue weighted by Crippen LogP contribution is -2.24. The van der Waals surface area contributed by atoms with Crippen LogP contribution in [0.25, 0.3) is 0 Å². The lowest BCUT2D eigenvalue weighted by atomic mass is 9.84. The van der Waals surface area contributed by atoms with Gasteiger partial charge in [0.2, 0.25) is 0 Å². The molecule has 0 radical (unpaired) electrons. The van der Waals surface area contributed by atoms with Gasteiger partial charge in [-0.15, -0.1) is 0 Å². The zero-order chi connectivity index (χ0) is 12.4. The van der Waals surface area contributed by atoms with Crippen LogP contribution in [-0.2, 0) is 4.79 Å². The predicted molar refractivity (Wildman–Crippen MR) is 71.1 cm³/mol. The van der Waals surface area contributed by atoms with Gasteiger partial charge in [-0.25, -0.2) is 0 Å². The maximum absolute atomic E-state index is 10.5. The first-order chi connectivity index (χ1) is 7.48. The van der Waals surface area contributed by atoms with Crippen molar-refractivity contribution in [3.63, 3.8) is 0 Å². The smallest absolute Gasteiger partial charge is 0.303 e. The monoisotopic (exact) mass is 247 g/mol. The van der Waals surface area contributed by atoms with Gasteiger partial charge in [0.15, 0.2) is 0 Å². The second kappa shape index (κ2) is 8.88. The number of carbonyl (C=O) groups is 1. The summed E-state index contributed by atoms with van der Waals surface area (Å²) in [4.78, 5) is 10.5. The van der Waals surface area contributed by atoms with Gasteiger partial charge in [0.1, 0.15) is 0 Å². The van der Waals surface area contributed by atoms with E-state index in [1.165, 1.54) is 12.2 Å². The summed E-state index contributed by atoms with van der Waals surface area (Å²) in [5.41, 5.74) is 0.130. The molecule has 0 aromatic heterocycles. The van der Waals surface area contributed by atoms with Crippen molar-refractivity contribution < 1.29 is 9.90 Å². The van der Waals surface area contributed by atoms with E-state index in [0.717, 1.165) is 25.9 Å². The predicted octanol–water partition coefficient (Wildman–Crippen LogP) is 2.61. The first-order valence-corrected chi connectivity index (χ1v) is 7.29. The maximum atomic E-state index is 10.5. The highest BCUT2D eigenvalue weighted by Gasteiger charge is 2.18. The molecule has 0 saturated heterocycles. The fourth-order valence-corrected chi connectivity index (χ4v) is 1.90. The van der Waals surface area contributed by atoms with Crippen molar-refractivity contribution in [1.29, 1.82) is 0 Å². The quantitative estimate of drug-likeness (QED) is 0.583. The van der Waals surface area contributed by atoms with Crippen molar-refractivity contribution in [3.8, 4) is 0 Å². The number of carboxylic acid groups (broad SMARTS) is 1. The van der Waals surface area contributed by atoms with E-state index in [2.05, 4.69) is 25.4 Å². The maximum Gasteiger partial charge on any atom is 0.303 e. The Balaban J connectivity index is 3.46. The molecule has 2 N–H and O–H groups in total. The number of rotatable bonds is 10. The topological polar surface area (TPSA) is 49.3 Å². The fraction of sp³-hybridized carbons (Fsp3) is 0.917. The van der Waals surface area contributed by atoms with Crippen LogP contribution in [0.3, 0.4) is 0 Å². The van der Waals surface area contributed by atoms with Gasteiger partial charge in [-0.05, 0) is 49.8 Å². The number of carboxylic acids is 1. The molecule has 0 spiro atoms. The molecule has 0 aromatic carbocycles. The summed E-state index contributed by atoms with van der Waals surface area (Å²) in [7, 11) is 0. The normalized spacial score (nSPS) is 11.7. The Hall–Kier alpha value is -0.220. The molecular formula is C12H25NO2S. The minimum Gasteiger partial charge on any atom is -0.481 e. The van der Waals surface area contributed by atoms with Crippen LogP contribution in [0.4, 0.5) is 0 Å². The molecule has 3 nitrogen and oxygen atoms in total.